The zero-order valence-electron chi connectivity index (χ0n) is 19.4. The molecule has 2 saturated heterocycles. The number of ether oxygens (including phenoxy) is 1. The molecular formula is C29H22N2O5. The molecule has 0 radical (unpaired) electrons. The van der Waals surface area contributed by atoms with Crippen molar-refractivity contribution in [3.8, 4) is 0 Å². The molecule has 3 aromatic carbocycles. The molecule has 0 N–H and O–H groups in total. The summed E-state index contributed by atoms with van der Waals surface area (Å²) < 4.78 is 4.88. The van der Waals surface area contributed by atoms with Crippen LogP contribution in [0.1, 0.15) is 26.3 Å². The smallest absolute Gasteiger partial charge is 0.339 e. The number of amides is 2. The van der Waals surface area contributed by atoms with Gasteiger partial charge in [-0.25, -0.2) is 9.69 Å². The maximum atomic E-state index is 14.0. The third-order valence-corrected chi connectivity index (χ3v) is 7.29. The van der Waals surface area contributed by atoms with Crippen molar-refractivity contribution in [2.24, 2.45) is 11.8 Å². The Morgan fingerprint density at radius 1 is 0.778 bits per heavy atom. The van der Waals surface area contributed by atoms with E-state index in [-0.39, 0.29) is 17.0 Å². The Labute approximate surface area is 207 Å². The first-order valence-corrected chi connectivity index (χ1v) is 11.7. The van der Waals surface area contributed by atoms with Gasteiger partial charge >= 0.3 is 5.97 Å². The normalized spacial score (nSPS) is 23.8. The highest BCUT2D eigenvalue weighted by atomic mass is 16.5. The third-order valence-electron chi connectivity index (χ3n) is 7.29. The van der Waals surface area contributed by atoms with E-state index in [1.807, 2.05) is 47.4 Å². The maximum Gasteiger partial charge on any atom is 0.339 e. The van der Waals surface area contributed by atoms with Crippen LogP contribution >= 0.6 is 0 Å². The van der Waals surface area contributed by atoms with Crippen LogP contribution in [-0.4, -0.2) is 42.8 Å². The van der Waals surface area contributed by atoms with Crippen LogP contribution in [0.3, 0.4) is 0 Å². The second-order valence-electron chi connectivity index (χ2n) is 9.06. The molecule has 2 fully saturated rings. The number of ketones is 1. The number of fused-ring (bicyclic) bond motifs is 5. The van der Waals surface area contributed by atoms with Gasteiger partial charge in [-0.1, -0.05) is 72.8 Å². The van der Waals surface area contributed by atoms with Crippen LogP contribution in [-0.2, 0) is 14.3 Å². The van der Waals surface area contributed by atoms with E-state index in [2.05, 4.69) is 0 Å². The molecule has 178 valence electrons. The first kappa shape index (κ1) is 22.0. The van der Waals surface area contributed by atoms with Crippen molar-refractivity contribution in [1.29, 1.82) is 0 Å². The lowest BCUT2D eigenvalue weighted by Gasteiger charge is -2.36. The fraction of sp³-hybridized carbons (Fsp3) is 0.172. The number of methoxy groups -OCH3 is 1. The topological polar surface area (TPSA) is 84.0 Å². The molecule has 0 spiro atoms. The van der Waals surface area contributed by atoms with E-state index in [1.54, 1.807) is 42.5 Å². The Bertz CT molecular complexity index is 1450. The van der Waals surface area contributed by atoms with Crippen LogP contribution in [0.4, 0.5) is 11.4 Å². The Morgan fingerprint density at radius 2 is 1.42 bits per heavy atom. The molecule has 3 aromatic rings. The number of para-hydroxylation sites is 2. The Balaban J connectivity index is 1.50. The Hall–Kier alpha value is -4.52. The number of imide groups is 1. The zero-order chi connectivity index (χ0) is 25.0. The average molecular weight is 479 g/mol. The molecule has 7 heteroatoms. The fourth-order valence-corrected chi connectivity index (χ4v) is 5.78. The summed E-state index contributed by atoms with van der Waals surface area (Å²) in [4.78, 5) is 57.3. The monoisotopic (exact) mass is 478 g/mol. The van der Waals surface area contributed by atoms with Crippen LogP contribution in [0, 0.1) is 11.8 Å². The lowest BCUT2D eigenvalue weighted by atomic mass is 9.86. The van der Waals surface area contributed by atoms with Gasteiger partial charge in [0, 0.05) is 11.3 Å². The predicted molar refractivity (Wildman–Crippen MR) is 134 cm³/mol. The van der Waals surface area contributed by atoms with Crippen LogP contribution in [0.5, 0.6) is 0 Å². The maximum absolute atomic E-state index is 14.0. The average Bonchev–Trinajstić information content (AvgIpc) is 3.40. The van der Waals surface area contributed by atoms with E-state index in [0.29, 0.717) is 5.56 Å². The number of anilines is 2. The SMILES string of the molecule is COC(=O)c1ccccc1N1C(=O)[C@@H]2[C@H](C1=O)[C@H]1C=Cc3ccccc3N1[C@@H]2C(=O)c1ccccc1. The van der Waals surface area contributed by atoms with E-state index < -0.39 is 41.7 Å². The number of nitrogens with zero attached hydrogens (tertiary/aromatic N) is 2. The molecular weight excluding hydrogens is 456 g/mol. The number of carbonyl (C=O) groups is 4. The molecule has 0 unspecified atom stereocenters. The first-order chi connectivity index (χ1) is 17.5. The summed E-state index contributed by atoms with van der Waals surface area (Å²) in [6.07, 6.45) is 3.84. The van der Waals surface area contributed by atoms with Gasteiger partial charge in [0.25, 0.3) is 0 Å². The summed E-state index contributed by atoms with van der Waals surface area (Å²) in [7, 11) is 1.25. The van der Waals surface area contributed by atoms with Crippen LogP contribution < -0.4 is 9.80 Å². The van der Waals surface area contributed by atoms with E-state index >= 15 is 0 Å². The molecule has 0 bridgehead atoms. The minimum atomic E-state index is -0.906. The summed E-state index contributed by atoms with van der Waals surface area (Å²) in [5.74, 6) is -3.46. The quantitative estimate of drug-likeness (QED) is 0.323. The van der Waals surface area contributed by atoms with Gasteiger partial charge in [-0.2, -0.15) is 0 Å². The van der Waals surface area contributed by atoms with E-state index in [1.165, 1.54) is 13.2 Å². The Kier molecular flexibility index (Phi) is 5.07. The number of carbonyl (C=O) groups excluding carboxylic acids is 4. The molecule has 6 rings (SSSR count). The molecule has 0 aromatic heterocycles. The fourth-order valence-electron chi connectivity index (χ4n) is 5.78. The molecule has 4 atom stereocenters. The Morgan fingerprint density at radius 3 is 2.17 bits per heavy atom. The van der Waals surface area contributed by atoms with Crippen molar-refractivity contribution in [1.82, 2.24) is 0 Å². The molecule has 3 heterocycles. The van der Waals surface area contributed by atoms with Crippen molar-refractivity contribution >= 4 is 41.0 Å². The highest BCUT2D eigenvalue weighted by molar-refractivity contribution is 6.27. The van der Waals surface area contributed by atoms with Crippen molar-refractivity contribution < 1.29 is 23.9 Å². The van der Waals surface area contributed by atoms with E-state index in [4.69, 9.17) is 4.74 Å². The highest BCUT2D eigenvalue weighted by Gasteiger charge is 2.64. The van der Waals surface area contributed by atoms with Crippen molar-refractivity contribution in [2.75, 3.05) is 16.9 Å². The highest BCUT2D eigenvalue weighted by Crippen LogP contribution is 2.50. The van der Waals surface area contributed by atoms with Crippen molar-refractivity contribution in [3.05, 3.63) is 102 Å². The van der Waals surface area contributed by atoms with Gasteiger partial charge in [-0.05, 0) is 23.8 Å². The summed E-state index contributed by atoms with van der Waals surface area (Å²) in [5.41, 5.74) is 2.51. The van der Waals surface area contributed by atoms with Crippen molar-refractivity contribution in [2.45, 2.75) is 12.1 Å². The van der Waals surface area contributed by atoms with Gasteiger partial charge in [-0.3, -0.25) is 14.4 Å². The minimum Gasteiger partial charge on any atom is -0.465 e. The van der Waals surface area contributed by atoms with E-state index in [9.17, 15) is 19.2 Å². The van der Waals surface area contributed by atoms with Crippen LogP contribution in [0.2, 0.25) is 0 Å². The third kappa shape index (κ3) is 3.05. The molecule has 36 heavy (non-hydrogen) atoms. The first-order valence-electron chi connectivity index (χ1n) is 11.7. The van der Waals surface area contributed by atoms with Gasteiger partial charge in [-0.15, -0.1) is 0 Å². The molecule has 7 nitrogen and oxygen atoms in total. The summed E-state index contributed by atoms with van der Waals surface area (Å²) in [6, 6.07) is 21.5. The lowest BCUT2D eigenvalue weighted by Crippen LogP contribution is -2.49. The number of benzene rings is 3. The second-order valence-corrected chi connectivity index (χ2v) is 9.06. The lowest BCUT2D eigenvalue weighted by molar-refractivity contribution is -0.122. The number of hydrogen-bond acceptors (Lipinski definition) is 6. The number of esters is 1. The van der Waals surface area contributed by atoms with Crippen LogP contribution in [0.15, 0.2) is 84.9 Å². The molecule has 0 saturated carbocycles. The molecule has 3 aliphatic rings. The van der Waals surface area contributed by atoms with E-state index in [0.717, 1.165) is 16.2 Å². The summed E-state index contributed by atoms with van der Waals surface area (Å²) in [6.45, 7) is 0. The zero-order valence-corrected chi connectivity index (χ0v) is 19.4. The largest absolute Gasteiger partial charge is 0.465 e. The molecule has 2 amide bonds. The molecule has 0 aliphatic carbocycles. The second kappa shape index (κ2) is 8.30. The van der Waals surface area contributed by atoms with Crippen molar-refractivity contribution in [3.63, 3.8) is 0 Å². The molecule has 3 aliphatic heterocycles. The predicted octanol–water partition coefficient (Wildman–Crippen LogP) is 3.75. The number of rotatable bonds is 4. The minimum absolute atomic E-state index is 0.119. The van der Waals surface area contributed by atoms with Gasteiger partial charge in [0.15, 0.2) is 5.78 Å². The van der Waals surface area contributed by atoms with Gasteiger partial charge in [0.05, 0.1) is 36.2 Å². The standard InChI is InChI=1S/C29H22N2O5/c1-36-29(35)19-12-6-8-14-21(19)31-27(33)23-22-16-15-17-9-5-7-13-20(17)30(22)25(24(23)28(31)34)26(32)18-10-3-2-4-11-18/h2-16,22-25H,1H3/t22-,23-,24-,25+/m1/s1. The number of Topliss-reactive ketones (excluding diaryl/α,β-unsaturated/α-hetero) is 1. The summed E-state index contributed by atoms with van der Waals surface area (Å²) >= 11 is 0. The van der Waals surface area contributed by atoms with Gasteiger partial charge < -0.3 is 9.64 Å². The van der Waals surface area contributed by atoms with Gasteiger partial charge in [0.2, 0.25) is 11.8 Å². The summed E-state index contributed by atoms with van der Waals surface area (Å²) in [5, 5.41) is 0. The van der Waals surface area contributed by atoms with Gasteiger partial charge in [0.1, 0.15) is 6.04 Å². The van der Waals surface area contributed by atoms with Crippen LogP contribution in [0.25, 0.3) is 6.08 Å². The number of hydrogen-bond donors (Lipinski definition) is 0.